The van der Waals surface area contributed by atoms with E-state index in [1.807, 2.05) is 18.4 Å². The predicted octanol–water partition coefficient (Wildman–Crippen LogP) is 3.28. The van der Waals surface area contributed by atoms with Crippen LogP contribution in [0.1, 0.15) is 16.3 Å². The molecule has 0 saturated carbocycles. The van der Waals surface area contributed by atoms with E-state index in [0.29, 0.717) is 12.1 Å². The second-order valence-electron chi connectivity index (χ2n) is 3.92. The molecule has 5 nitrogen and oxygen atoms in total. The van der Waals surface area contributed by atoms with Crippen LogP contribution in [0.4, 0.5) is 11.4 Å². The van der Waals surface area contributed by atoms with E-state index >= 15 is 0 Å². The lowest BCUT2D eigenvalue weighted by atomic mass is 10.1. The van der Waals surface area contributed by atoms with Gasteiger partial charge in [-0.25, -0.2) is 4.98 Å². The molecule has 0 unspecified atom stereocenters. The molecule has 0 saturated heterocycles. The quantitative estimate of drug-likeness (QED) is 0.679. The van der Waals surface area contributed by atoms with Crippen LogP contribution < -0.4 is 5.32 Å². The second kappa shape index (κ2) is 5.14. The van der Waals surface area contributed by atoms with E-state index in [9.17, 15) is 10.1 Å². The molecule has 1 aromatic heterocycles. The summed E-state index contributed by atoms with van der Waals surface area (Å²) in [4.78, 5) is 14.8. The van der Waals surface area contributed by atoms with Gasteiger partial charge in [-0.1, -0.05) is 6.07 Å². The normalized spacial score (nSPS) is 10.3. The standard InChI is InChI=1S/C12H13N3O2S/c1-8-11(4-3-5-12(8)15(16)17)13-6-10-7-18-9(2)14-10/h3-5,7,13H,6H2,1-2H3. The number of aryl methyl sites for hydroxylation is 1. The summed E-state index contributed by atoms with van der Waals surface area (Å²) < 4.78 is 0. The third-order valence-corrected chi connectivity index (χ3v) is 3.45. The molecule has 2 rings (SSSR count). The van der Waals surface area contributed by atoms with Crippen molar-refractivity contribution < 1.29 is 4.92 Å². The Balaban J connectivity index is 2.14. The highest BCUT2D eigenvalue weighted by Gasteiger charge is 2.12. The minimum Gasteiger partial charge on any atom is -0.379 e. The molecular formula is C12H13N3O2S. The van der Waals surface area contributed by atoms with Crippen LogP contribution in [0.5, 0.6) is 0 Å². The Morgan fingerprint density at radius 1 is 1.44 bits per heavy atom. The molecule has 0 aliphatic carbocycles. The number of nitrogens with zero attached hydrogens (tertiary/aromatic N) is 2. The molecule has 0 fully saturated rings. The average Bonchev–Trinajstić information content (AvgIpc) is 2.73. The van der Waals surface area contributed by atoms with E-state index in [0.717, 1.165) is 16.4 Å². The molecule has 1 heterocycles. The highest BCUT2D eigenvalue weighted by molar-refractivity contribution is 7.09. The number of nitro benzene ring substituents is 1. The van der Waals surface area contributed by atoms with Gasteiger partial charge in [-0.15, -0.1) is 11.3 Å². The second-order valence-corrected chi connectivity index (χ2v) is 4.98. The predicted molar refractivity (Wildman–Crippen MR) is 72.0 cm³/mol. The largest absolute Gasteiger partial charge is 0.379 e. The summed E-state index contributed by atoms with van der Waals surface area (Å²) in [6.45, 7) is 4.27. The number of thiazole rings is 1. The minimum atomic E-state index is -0.368. The third-order valence-electron chi connectivity index (χ3n) is 2.63. The van der Waals surface area contributed by atoms with Gasteiger partial charge in [0.05, 0.1) is 22.2 Å². The number of nitrogens with one attached hydrogen (secondary N) is 1. The molecule has 1 N–H and O–H groups in total. The Labute approximate surface area is 109 Å². The Morgan fingerprint density at radius 3 is 2.83 bits per heavy atom. The van der Waals surface area contributed by atoms with Crippen LogP contribution in [0, 0.1) is 24.0 Å². The van der Waals surface area contributed by atoms with E-state index in [2.05, 4.69) is 10.3 Å². The van der Waals surface area contributed by atoms with Gasteiger partial charge in [0.25, 0.3) is 5.69 Å². The molecule has 1 aromatic carbocycles. The molecule has 0 bridgehead atoms. The third kappa shape index (κ3) is 2.65. The fraction of sp³-hybridized carbons (Fsp3) is 0.250. The minimum absolute atomic E-state index is 0.134. The maximum absolute atomic E-state index is 10.8. The van der Waals surface area contributed by atoms with Crippen LogP contribution in [0.25, 0.3) is 0 Å². The first kappa shape index (κ1) is 12.5. The number of aromatic nitrogens is 1. The smallest absolute Gasteiger partial charge is 0.274 e. The van der Waals surface area contributed by atoms with Crippen LogP contribution in [0.15, 0.2) is 23.6 Å². The van der Waals surface area contributed by atoms with Gasteiger partial charge in [-0.2, -0.15) is 0 Å². The average molecular weight is 263 g/mol. The summed E-state index contributed by atoms with van der Waals surface area (Å²) in [5.41, 5.74) is 2.50. The molecule has 18 heavy (non-hydrogen) atoms. The fourth-order valence-electron chi connectivity index (χ4n) is 1.69. The molecule has 0 aliphatic rings. The van der Waals surface area contributed by atoms with Crippen molar-refractivity contribution in [1.82, 2.24) is 4.98 Å². The van der Waals surface area contributed by atoms with Gasteiger partial charge >= 0.3 is 0 Å². The van der Waals surface area contributed by atoms with Crippen molar-refractivity contribution in [3.8, 4) is 0 Å². The van der Waals surface area contributed by atoms with Crippen molar-refractivity contribution in [3.05, 3.63) is 50.0 Å². The maximum atomic E-state index is 10.8. The van der Waals surface area contributed by atoms with Crippen molar-refractivity contribution in [2.75, 3.05) is 5.32 Å². The van der Waals surface area contributed by atoms with Crippen LogP contribution in [-0.2, 0) is 6.54 Å². The Kier molecular flexibility index (Phi) is 3.57. The lowest BCUT2D eigenvalue weighted by molar-refractivity contribution is -0.385. The lowest BCUT2D eigenvalue weighted by Gasteiger charge is -2.08. The number of benzene rings is 1. The van der Waals surface area contributed by atoms with Gasteiger partial charge < -0.3 is 5.32 Å². The van der Waals surface area contributed by atoms with Gasteiger partial charge in [0.15, 0.2) is 0 Å². The van der Waals surface area contributed by atoms with Crippen LogP contribution in [0.2, 0.25) is 0 Å². The SMILES string of the molecule is Cc1nc(CNc2cccc([N+](=O)[O-])c2C)cs1. The van der Waals surface area contributed by atoms with Crippen LogP contribution in [0.3, 0.4) is 0 Å². The molecule has 2 aromatic rings. The van der Waals surface area contributed by atoms with Crippen LogP contribution >= 0.6 is 11.3 Å². The first-order chi connectivity index (χ1) is 8.58. The molecule has 0 radical (unpaired) electrons. The van der Waals surface area contributed by atoms with Crippen molar-refractivity contribution in [2.45, 2.75) is 20.4 Å². The zero-order valence-corrected chi connectivity index (χ0v) is 11.0. The highest BCUT2D eigenvalue weighted by atomic mass is 32.1. The van der Waals surface area contributed by atoms with Crippen LogP contribution in [-0.4, -0.2) is 9.91 Å². The number of nitro groups is 1. The Morgan fingerprint density at radius 2 is 2.22 bits per heavy atom. The first-order valence-corrected chi connectivity index (χ1v) is 6.35. The van der Waals surface area contributed by atoms with Gasteiger partial charge in [0.1, 0.15) is 0 Å². The zero-order chi connectivity index (χ0) is 13.1. The van der Waals surface area contributed by atoms with Crippen molar-refractivity contribution in [2.24, 2.45) is 0 Å². The summed E-state index contributed by atoms with van der Waals surface area (Å²) in [5, 5.41) is 17.0. The molecule has 0 spiro atoms. The van der Waals surface area contributed by atoms with Gasteiger partial charge in [-0.05, 0) is 19.9 Å². The van der Waals surface area contributed by atoms with Gasteiger partial charge in [0.2, 0.25) is 0 Å². The first-order valence-electron chi connectivity index (χ1n) is 5.47. The van der Waals surface area contributed by atoms with E-state index in [4.69, 9.17) is 0 Å². The van der Waals surface area contributed by atoms with Gasteiger partial charge in [-0.3, -0.25) is 10.1 Å². The number of anilines is 1. The highest BCUT2D eigenvalue weighted by Crippen LogP contribution is 2.25. The molecule has 0 atom stereocenters. The maximum Gasteiger partial charge on any atom is 0.274 e. The monoisotopic (exact) mass is 263 g/mol. The fourth-order valence-corrected chi connectivity index (χ4v) is 2.30. The van der Waals surface area contributed by atoms with E-state index in [1.165, 1.54) is 6.07 Å². The lowest BCUT2D eigenvalue weighted by Crippen LogP contribution is -2.03. The summed E-state index contributed by atoms with van der Waals surface area (Å²) in [6.07, 6.45) is 0. The summed E-state index contributed by atoms with van der Waals surface area (Å²) in [6, 6.07) is 5.02. The van der Waals surface area contributed by atoms with Crippen molar-refractivity contribution in [3.63, 3.8) is 0 Å². The van der Waals surface area contributed by atoms with E-state index in [-0.39, 0.29) is 10.6 Å². The molecule has 94 valence electrons. The summed E-state index contributed by atoms with van der Waals surface area (Å²) in [7, 11) is 0. The Bertz CT molecular complexity index is 580. The number of rotatable bonds is 4. The number of hydrogen-bond donors (Lipinski definition) is 1. The molecule has 0 aliphatic heterocycles. The number of hydrogen-bond acceptors (Lipinski definition) is 5. The molecule has 0 amide bonds. The summed E-state index contributed by atoms with van der Waals surface area (Å²) in [5.74, 6) is 0. The Hall–Kier alpha value is -1.95. The van der Waals surface area contributed by atoms with E-state index < -0.39 is 0 Å². The van der Waals surface area contributed by atoms with Crippen molar-refractivity contribution >= 4 is 22.7 Å². The molecular weight excluding hydrogens is 250 g/mol. The van der Waals surface area contributed by atoms with E-state index in [1.54, 1.807) is 24.3 Å². The summed E-state index contributed by atoms with van der Waals surface area (Å²) >= 11 is 1.59. The topological polar surface area (TPSA) is 68.1 Å². The zero-order valence-electron chi connectivity index (χ0n) is 10.1. The molecule has 6 heteroatoms. The van der Waals surface area contributed by atoms with Gasteiger partial charge in [0, 0.05) is 22.7 Å². The van der Waals surface area contributed by atoms with Crippen molar-refractivity contribution in [1.29, 1.82) is 0 Å².